The number of benzene rings is 1. The van der Waals surface area contributed by atoms with Crippen molar-refractivity contribution in [2.75, 3.05) is 0 Å². The maximum absolute atomic E-state index is 11.8. The van der Waals surface area contributed by atoms with Crippen LogP contribution >= 0.6 is 0 Å². The van der Waals surface area contributed by atoms with E-state index in [4.69, 9.17) is 5.26 Å². The molecule has 1 saturated carbocycles. The van der Waals surface area contributed by atoms with Crippen LogP contribution in [0.4, 0.5) is 0 Å². The van der Waals surface area contributed by atoms with Gasteiger partial charge in [-0.25, -0.2) is 0 Å². The van der Waals surface area contributed by atoms with Gasteiger partial charge in [-0.2, -0.15) is 0 Å². The van der Waals surface area contributed by atoms with E-state index < -0.39 is 0 Å². The van der Waals surface area contributed by atoms with E-state index in [1.54, 1.807) is 0 Å². The van der Waals surface area contributed by atoms with Gasteiger partial charge >= 0.3 is 102 Å². The second-order valence-electron chi connectivity index (χ2n) is 3.98. The summed E-state index contributed by atoms with van der Waals surface area (Å²) >= 11 is 0.191. The fraction of sp³-hybridized carbons (Fsp3) is 0.385. The maximum atomic E-state index is 11.8. The first kappa shape index (κ1) is 11.4. The summed E-state index contributed by atoms with van der Waals surface area (Å²) in [6, 6.07) is 12.4. The molecule has 0 bridgehead atoms. The number of carbonyl (C=O) groups excluding carboxylic acids is 1. The van der Waals surface area contributed by atoms with Crippen LogP contribution in [-0.4, -0.2) is 20.7 Å². The second kappa shape index (κ2) is 5.30. The number of hydrogen-bond donors (Lipinski definition) is 0. The Morgan fingerprint density at radius 2 is 2.12 bits per heavy atom. The van der Waals surface area contributed by atoms with E-state index in [9.17, 15) is 4.79 Å². The molecule has 1 aromatic rings. The van der Waals surface area contributed by atoms with Crippen molar-refractivity contribution < 1.29 is 4.79 Å². The molecule has 0 saturated heterocycles. The Hall–Kier alpha value is -1.10. The molecule has 1 aromatic carbocycles. The summed E-state index contributed by atoms with van der Waals surface area (Å²) < 4.78 is 1.26. The fourth-order valence-corrected chi connectivity index (χ4v) is 4.71. The number of Topliss-reactive ketones (excluding diaryl/α,β-unsaturated/α-hetero) is 1. The molecule has 1 aliphatic carbocycles. The summed E-state index contributed by atoms with van der Waals surface area (Å²) in [5, 5.41) is 8.74. The molecule has 2 nitrogen and oxygen atoms in total. The van der Waals surface area contributed by atoms with E-state index in [-0.39, 0.29) is 19.8 Å². The Bertz CT molecular complexity index is 410. The van der Waals surface area contributed by atoms with Crippen LogP contribution in [0.1, 0.15) is 19.3 Å². The number of rotatable bonds is 3. The van der Waals surface area contributed by atoms with Crippen molar-refractivity contribution in [3.8, 4) is 6.07 Å². The minimum absolute atomic E-state index is 0.134. The molecule has 0 amide bonds. The fourth-order valence-electron chi connectivity index (χ4n) is 2.02. The number of nitriles is 1. The van der Waals surface area contributed by atoms with Gasteiger partial charge in [0.15, 0.2) is 0 Å². The van der Waals surface area contributed by atoms with Gasteiger partial charge < -0.3 is 0 Å². The number of hydrogen-bond acceptors (Lipinski definition) is 2. The average Bonchev–Trinajstić information content (AvgIpc) is 2.64. The van der Waals surface area contributed by atoms with Gasteiger partial charge in [-0.15, -0.1) is 0 Å². The van der Waals surface area contributed by atoms with Gasteiger partial charge in [0.1, 0.15) is 0 Å². The van der Waals surface area contributed by atoms with Gasteiger partial charge in [-0.3, -0.25) is 0 Å². The molecule has 0 N–H and O–H groups in total. The molecular formula is C13H13NOSe. The quantitative estimate of drug-likeness (QED) is 0.790. The van der Waals surface area contributed by atoms with Crippen molar-refractivity contribution in [3.05, 3.63) is 30.3 Å². The molecule has 2 atom stereocenters. The molecule has 3 heteroatoms. The zero-order valence-electron chi connectivity index (χ0n) is 8.93. The Labute approximate surface area is 102 Å². The zero-order chi connectivity index (χ0) is 11.4. The van der Waals surface area contributed by atoms with E-state index in [0.717, 1.165) is 6.42 Å². The topological polar surface area (TPSA) is 40.9 Å². The molecule has 1 fully saturated rings. The van der Waals surface area contributed by atoms with Crippen LogP contribution in [0.15, 0.2) is 30.3 Å². The van der Waals surface area contributed by atoms with Crippen molar-refractivity contribution >= 4 is 25.2 Å². The minimum atomic E-state index is 0.134. The van der Waals surface area contributed by atoms with Crippen molar-refractivity contribution in [2.24, 2.45) is 5.92 Å². The van der Waals surface area contributed by atoms with Crippen LogP contribution in [0.2, 0.25) is 4.82 Å². The third-order valence-corrected chi connectivity index (χ3v) is 5.90. The van der Waals surface area contributed by atoms with Gasteiger partial charge in [0.2, 0.25) is 0 Å². The Morgan fingerprint density at radius 1 is 1.38 bits per heavy atom. The van der Waals surface area contributed by atoms with Crippen molar-refractivity contribution in [2.45, 2.75) is 24.1 Å². The molecule has 2 rings (SSSR count). The number of nitrogens with zero attached hydrogens (tertiary/aromatic N) is 1. The van der Waals surface area contributed by atoms with E-state index in [0.29, 0.717) is 24.5 Å². The van der Waals surface area contributed by atoms with Crippen LogP contribution in [0.25, 0.3) is 0 Å². The van der Waals surface area contributed by atoms with Crippen LogP contribution in [0.5, 0.6) is 0 Å². The van der Waals surface area contributed by atoms with E-state index in [2.05, 4.69) is 18.2 Å². The summed E-state index contributed by atoms with van der Waals surface area (Å²) in [6.45, 7) is 0. The molecule has 2 unspecified atom stereocenters. The predicted molar refractivity (Wildman–Crippen MR) is 63.5 cm³/mol. The summed E-state index contributed by atoms with van der Waals surface area (Å²) in [5.41, 5.74) is 0. The first-order valence-corrected chi connectivity index (χ1v) is 7.27. The molecular weight excluding hydrogens is 265 g/mol. The SMILES string of the molecule is N#CCC1CCC(=O)C1[Se]c1ccccc1. The summed E-state index contributed by atoms with van der Waals surface area (Å²) in [7, 11) is 0. The molecule has 0 spiro atoms. The van der Waals surface area contributed by atoms with Gasteiger partial charge in [0, 0.05) is 0 Å². The summed E-state index contributed by atoms with van der Waals surface area (Å²) in [6.07, 6.45) is 2.11. The van der Waals surface area contributed by atoms with Gasteiger partial charge in [0.05, 0.1) is 0 Å². The Morgan fingerprint density at radius 3 is 2.81 bits per heavy atom. The monoisotopic (exact) mass is 279 g/mol. The third kappa shape index (κ3) is 2.52. The third-order valence-electron chi connectivity index (χ3n) is 2.87. The Kier molecular flexibility index (Phi) is 3.77. The number of ketones is 1. The zero-order valence-corrected chi connectivity index (χ0v) is 10.6. The van der Waals surface area contributed by atoms with Gasteiger partial charge in [0.25, 0.3) is 0 Å². The van der Waals surface area contributed by atoms with Crippen LogP contribution < -0.4 is 4.46 Å². The first-order valence-electron chi connectivity index (χ1n) is 5.42. The molecule has 0 aromatic heterocycles. The first-order chi connectivity index (χ1) is 7.81. The molecule has 1 aliphatic rings. The van der Waals surface area contributed by atoms with Crippen molar-refractivity contribution in [1.82, 2.24) is 0 Å². The van der Waals surface area contributed by atoms with Gasteiger partial charge in [-0.1, -0.05) is 0 Å². The van der Waals surface area contributed by atoms with E-state index in [1.165, 1.54) is 4.46 Å². The molecule has 0 radical (unpaired) electrons. The molecule has 0 aliphatic heterocycles. The van der Waals surface area contributed by atoms with Crippen LogP contribution in [0, 0.1) is 17.2 Å². The molecule has 82 valence electrons. The summed E-state index contributed by atoms with van der Waals surface area (Å²) in [5.74, 6) is 0.668. The van der Waals surface area contributed by atoms with Crippen molar-refractivity contribution in [1.29, 1.82) is 5.26 Å². The summed E-state index contributed by atoms with van der Waals surface area (Å²) in [4.78, 5) is 11.9. The van der Waals surface area contributed by atoms with Crippen molar-refractivity contribution in [3.63, 3.8) is 0 Å². The van der Waals surface area contributed by atoms with Gasteiger partial charge in [-0.05, 0) is 0 Å². The number of carbonyl (C=O) groups is 1. The standard InChI is InChI=1S/C13H13NOSe/c14-9-8-10-6-7-12(15)13(10)16-11-4-2-1-3-5-11/h1-5,10,13H,6-8H2. The normalized spacial score (nSPS) is 24.3. The van der Waals surface area contributed by atoms with Crippen LogP contribution in [-0.2, 0) is 4.79 Å². The molecule has 16 heavy (non-hydrogen) atoms. The van der Waals surface area contributed by atoms with Crippen LogP contribution in [0.3, 0.4) is 0 Å². The predicted octanol–water partition coefficient (Wildman–Crippen LogP) is 1.70. The second-order valence-corrected chi connectivity index (χ2v) is 6.53. The Balaban J connectivity index is 2.07. The molecule has 0 heterocycles. The average molecular weight is 278 g/mol. The van der Waals surface area contributed by atoms with E-state index in [1.807, 2.05) is 18.2 Å². The van der Waals surface area contributed by atoms with E-state index >= 15 is 0 Å².